The number of thiophene rings is 1. The summed E-state index contributed by atoms with van der Waals surface area (Å²) in [4.78, 5) is 21.9. The lowest BCUT2D eigenvalue weighted by Gasteiger charge is -2.22. The number of hydrogen-bond donors (Lipinski definition) is 0. The molecular formula is C19H18N2O3S3. The summed E-state index contributed by atoms with van der Waals surface area (Å²) in [7, 11) is 0. The first-order valence-electron chi connectivity index (χ1n) is 8.48. The molecule has 3 heterocycles. The van der Waals surface area contributed by atoms with Crippen molar-refractivity contribution in [2.24, 2.45) is 0 Å². The van der Waals surface area contributed by atoms with Crippen LogP contribution in [0.1, 0.15) is 4.88 Å². The van der Waals surface area contributed by atoms with Crippen LogP contribution < -0.4 is 4.90 Å². The zero-order valence-electron chi connectivity index (χ0n) is 14.7. The molecule has 27 heavy (non-hydrogen) atoms. The Morgan fingerprint density at radius 1 is 1.30 bits per heavy atom. The second-order valence-electron chi connectivity index (χ2n) is 5.79. The van der Waals surface area contributed by atoms with Crippen molar-refractivity contribution in [2.75, 3.05) is 30.9 Å². The van der Waals surface area contributed by atoms with Gasteiger partial charge in [-0.25, -0.2) is 4.98 Å². The van der Waals surface area contributed by atoms with Crippen LogP contribution in [-0.2, 0) is 20.7 Å². The van der Waals surface area contributed by atoms with E-state index >= 15 is 0 Å². The number of benzene rings is 1. The van der Waals surface area contributed by atoms with E-state index < -0.39 is 0 Å². The third-order valence-electron chi connectivity index (χ3n) is 4.09. The molecule has 0 radical (unpaired) electrons. The van der Waals surface area contributed by atoms with Crippen LogP contribution in [0.2, 0.25) is 0 Å². The minimum absolute atomic E-state index is 0.212. The van der Waals surface area contributed by atoms with Crippen LogP contribution in [0.4, 0.5) is 5.13 Å². The van der Waals surface area contributed by atoms with Crippen LogP contribution in [0.5, 0.6) is 0 Å². The van der Waals surface area contributed by atoms with Gasteiger partial charge in [-0.15, -0.1) is 23.1 Å². The summed E-state index contributed by atoms with van der Waals surface area (Å²) in [5.74, 6) is 0.0211. The van der Waals surface area contributed by atoms with Gasteiger partial charge >= 0.3 is 0 Å². The molecule has 8 heteroatoms. The summed E-state index contributed by atoms with van der Waals surface area (Å²) < 4.78 is 11.9. The summed E-state index contributed by atoms with van der Waals surface area (Å²) in [5, 5.41) is 2.73. The Labute approximate surface area is 169 Å². The van der Waals surface area contributed by atoms with Crippen molar-refractivity contribution in [3.8, 4) is 0 Å². The van der Waals surface area contributed by atoms with Crippen molar-refractivity contribution in [1.82, 2.24) is 4.98 Å². The highest BCUT2D eigenvalue weighted by atomic mass is 32.2. The van der Waals surface area contributed by atoms with Crippen molar-refractivity contribution < 1.29 is 14.3 Å². The molecule has 3 aromatic rings. The predicted molar refractivity (Wildman–Crippen MR) is 112 cm³/mol. The monoisotopic (exact) mass is 418 g/mol. The number of fused-ring (bicyclic) bond motifs is 1. The molecule has 140 valence electrons. The Bertz CT molecular complexity index is 966. The predicted octanol–water partition coefficient (Wildman–Crippen LogP) is 4.54. The van der Waals surface area contributed by atoms with Crippen LogP contribution in [0.25, 0.3) is 10.2 Å². The second-order valence-corrected chi connectivity index (χ2v) is 8.68. The van der Waals surface area contributed by atoms with Gasteiger partial charge < -0.3 is 9.47 Å². The van der Waals surface area contributed by atoms with E-state index in [-0.39, 0.29) is 11.7 Å². The standard InChI is InChI=1S/C19H18N2O3S3/c1-25-15-5-2-6-16-17(15)20-19(27-16)21(8-7-13-4-3-11-26-13)18(22)14-12-23-9-10-24-14/h2-6,11-12H,7-10H2,1H3. The summed E-state index contributed by atoms with van der Waals surface area (Å²) in [6, 6.07) is 10.2. The first-order chi connectivity index (χ1) is 13.3. The summed E-state index contributed by atoms with van der Waals surface area (Å²) in [6.45, 7) is 1.38. The smallest absolute Gasteiger partial charge is 0.298 e. The number of thiazole rings is 1. The van der Waals surface area contributed by atoms with Crippen molar-refractivity contribution >= 4 is 55.7 Å². The molecule has 0 atom stereocenters. The second kappa shape index (κ2) is 8.33. The number of para-hydroxylation sites is 1. The molecule has 0 saturated heterocycles. The Kier molecular flexibility index (Phi) is 5.66. The number of thioether (sulfide) groups is 1. The van der Waals surface area contributed by atoms with Gasteiger partial charge in [0.2, 0.25) is 5.76 Å². The van der Waals surface area contributed by atoms with Crippen molar-refractivity contribution in [3.63, 3.8) is 0 Å². The molecule has 1 aliphatic rings. The quantitative estimate of drug-likeness (QED) is 0.550. The van der Waals surface area contributed by atoms with Crippen molar-refractivity contribution in [3.05, 3.63) is 52.6 Å². The van der Waals surface area contributed by atoms with E-state index in [9.17, 15) is 4.79 Å². The number of ether oxygens (including phenoxy) is 2. The lowest BCUT2D eigenvalue weighted by molar-refractivity contribution is -0.119. The van der Waals surface area contributed by atoms with Gasteiger partial charge in [-0.3, -0.25) is 9.69 Å². The minimum atomic E-state index is -0.212. The maximum absolute atomic E-state index is 13.1. The number of amides is 1. The summed E-state index contributed by atoms with van der Waals surface area (Å²) >= 11 is 4.87. The molecule has 0 spiro atoms. The van der Waals surface area contributed by atoms with E-state index in [0.29, 0.717) is 24.9 Å². The minimum Gasteiger partial charge on any atom is -0.494 e. The molecule has 0 fully saturated rings. The molecule has 1 amide bonds. The van der Waals surface area contributed by atoms with Gasteiger partial charge in [-0.05, 0) is 36.3 Å². The van der Waals surface area contributed by atoms with Crippen LogP contribution in [-0.4, -0.2) is 36.9 Å². The lowest BCUT2D eigenvalue weighted by Crippen LogP contribution is -2.35. The molecule has 1 aliphatic heterocycles. The number of nitrogens with zero attached hydrogens (tertiary/aromatic N) is 2. The van der Waals surface area contributed by atoms with E-state index in [1.807, 2.05) is 29.8 Å². The molecule has 0 bridgehead atoms. The highest BCUT2D eigenvalue weighted by Crippen LogP contribution is 2.34. The molecule has 1 aromatic carbocycles. The average Bonchev–Trinajstić information content (AvgIpc) is 3.38. The van der Waals surface area contributed by atoms with Crippen LogP contribution in [0, 0.1) is 0 Å². The van der Waals surface area contributed by atoms with Gasteiger partial charge in [0.05, 0.1) is 10.2 Å². The highest BCUT2D eigenvalue weighted by Gasteiger charge is 2.26. The molecule has 0 saturated carbocycles. The fourth-order valence-electron chi connectivity index (χ4n) is 2.77. The van der Waals surface area contributed by atoms with Gasteiger partial charge in [-0.1, -0.05) is 23.5 Å². The number of carbonyl (C=O) groups excluding carboxylic acids is 1. The summed E-state index contributed by atoms with van der Waals surface area (Å²) in [6.07, 6.45) is 4.21. The third-order valence-corrected chi connectivity index (χ3v) is 6.84. The molecule has 0 aliphatic carbocycles. The largest absolute Gasteiger partial charge is 0.494 e. The first kappa shape index (κ1) is 18.3. The number of carbonyl (C=O) groups is 1. The highest BCUT2D eigenvalue weighted by molar-refractivity contribution is 7.98. The maximum Gasteiger partial charge on any atom is 0.298 e. The van der Waals surface area contributed by atoms with Crippen molar-refractivity contribution in [2.45, 2.75) is 11.3 Å². The zero-order valence-corrected chi connectivity index (χ0v) is 17.2. The maximum atomic E-state index is 13.1. The molecule has 0 unspecified atom stereocenters. The molecule has 2 aromatic heterocycles. The Hall–Kier alpha value is -2.03. The topological polar surface area (TPSA) is 51.7 Å². The molecule has 5 nitrogen and oxygen atoms in total. The molecular weight excluding hydrogens is 400 g/mol. The van der Waals surface area contributed by atoms with Gasteiger partial charge in [0.25, 0.3) is 5.91 Å². The Morgan fingerprint density at radius 3 is 2.96 bits per heavy atom. The van der Waals surface area contributed by atoms with E-state index in [2.05, 4.69) is 12.1 Å². The third kappa shape index (κ3) is 3.97. The van der Waals surface area contributed by atoms with Crippen molar-refractivity contribution in [1.29, 1.82) is 0 Å². The SMILES string of the molecule is CSc1cccc2sc(N(CCc3cccs3)C(=O)C3=COCCO3)nc12. The zero-order chi connectivity index (χ0) is 18.6. The number of rotatable bonds is 6. The normalized spacial score (nSPS) is 13.7. The average molecular weight is 419 g/mol. The van der Waals surface area contributed by atoms with Crippen LogP contribution in [0.3, 0.4) is 0 Å². The first-order valence-corrected chi connectivity index (χ1v) is 11.4. The van der Waals surface area contributed by atoms with E-state index in [1.54, 1.807) is 28.0 Å². The Morgan fingerprint density at radius 2 is 2.22 bits per heavy atom. The number of anilines is 1. The Balaban J connectivity index is 1.68. The molecule has 4 rings (SSSR count). The van der Waals surface area contributed by atoms with Gasteiger partial charge in [0.1, 0.15) is 19.5 Å². The fourth-order valence-corrected chi connectivity index (χ4v) is 5.11. The van der Waals surface area contributed by atoms with E-state index in [0.717, 1.165) is 21.5 Å². The van der Waals surface area contributed by atoms with Gasteiger partial charge in [0, 0.05) is 16.3 Å². The molecule has 0 N–H and O–H groups in total. The van der Waals surface area contributed by atoms with E-state index in [4.69, 9.17) is 14.5 Å². The van der Waals surface area contributed by atoms with Gasteiger partial charge in [-0.2, -0.15) is 0 Å². The number of hydrogen-bond acceptors (Lipinski definition) is 7. The summed E-state index contributed by atoms with van der Waals surface area (Å²) in [5.41, 5.74) is 0.939. The fraction of sp³-hybridized carbons (Fsp3) is 0.263. The van der Waals surface area contributed by atoms with E-state index in [1.165, 1.54) is 22.5 Å². The lowest BCUT2D eigenvalue weighted by atomic mass is 10.3. The van der Waals surface area contributed by atoms with Crippen LogP contribution in [0.15, 0.2) is 52.6 Å². The number of aromatic nitrogens is 1. The van der Waals surface area contributed by atoms with Crippen LogP contribution >= 0.6 is 34.4 Å². The van der Waals surface area contributed by atoms with Gasteiger partial charge in [0.15, 0.2) is 5.13 Å².